The van der Waals surface area contributed by atoms with E-state index in [2.05, 4.69) is 12.2 Å². The predicted octanol–water partition coefficient (Wildman–Crippen LogP) is 4.22. The van der Waals surface area contributed by atoms with Crippen molar-refractivity contribution in [3.63, 3.8) is 0 Å². The van der Waals surface area contributed by atoms with E-state index >= 15 is 0 Å². The minimum absolute atomic E-state index is 0.398. The number of anilines is 2. The Morgan fingerprint density at radius 2 is 1.69 bits per heavy atom. The van der Waals surface area contributed by atoms with Gasteiger partial charge in [-0.3, -0.25) is 9.10 Å². The van der Waals surface area contributed by atoms with Gasteiger partial charge in [0, 0.05) is 5.69 Å². The number of carbonyl (C=O) groups is 1. The van der Waals surface area contributed by atoms with E-state index in [1.54, 1.807) is 31.2 Å². The molecular formula is C22H30N2O4S. The van der Waals surface area contributed by atoms with Crippen molar-refractivity contribution in [2.24, 2.45) is 0 Å². The molecular weight excluding hydrogens is 388 g/mol. The molecule has 0 aliphatic heterocycles. The van der Waals surface area contributed by atoms with Gasteiger partial charge in [0.15, 0.2) is 0 Å². The molecule has 0 aromatic heterocycles. The van der Waals surface area contributed by atoms with E-state index in [0.29, 0.717) is 23.7 Å². The second-order valence-electron chi connectivity index (χ2n) is 6.95. The number of nitrogens with zero attached hydrogens (tertiary/aromatic N) is 1. The Balaban J connectivity index is 2.16. The Bertz CT molecular complexity index is 893. The average molecular weight is 419 g/mol. The molecule has 29 heavy (non-hydrogen) atoms. The van der Waals surface area contributed by atoms with Gasteiger partial charge in [-0.25, -0.2) is 8.42 Å². The summed E-state index contributed by atoms with van der Waals surface area (Å²) in [6.45, 7) is 6.11. The number of carbonyl (C=O) groups excluding carboxylic acids is 1. The van der Waals surface area contributed by atoms with E-state index in [4.69, 9.17) is 4.74 Å². The van der Waals surface area contributed by atoms with E-state index in [0.717, 1.165) is 29.8 Å². The van der Waals surface area contributed by atoms with Crippen molar-refractivity contribution >= 4 is 27.3 Å². The van der Waals surface area contributed by atoms with Crippen molar-refractivity contribution in [3.8, 4) is 5.75 Å². The first-order chi connectivity index (χ1) is 13.8. The molecule has 0 radical (unpaired) electrons. The molecule has 2 rings (SSSR count). The highest BCUT2D eigenvalue weighted by Gasteiger charge is 2.29. The van der Waals surface area contributed by atoms with Crippen LogP contribution in [0.4, 0.5) is 11.4 Å². The van der Waals surface area contributed by atoms with Gasteiger partial charge in [0.05, 0.1) is 18.6 Å². The largest absolute Gasteiger partial charge is 0.494 e. The first-order valence-electron chi connectivity index (χ1n) is 9.88. The molecule has 1 N–H and O–H groups in total. The smallest absolute Gasteiger partial charge is 0.247 e. The van der Waals surface area contributed by atoms with Crippen LogP contribution in [-0.2, 0) is 21.2 Å². The topological polar surface area (TPSA) is 75.7 Å². The molecule has 0 fully saturated rings. The lowest BCUT2D eigenvalue weighted by atomic mass is 10.1. The minimum Gasteiger partial charge on any atom is -0.494 e. The Hall–Kier alpha value is -2.54. The zero-order valence-corrected chi connectivity index (χ0v) is 18.3. The van der Waals surface area contributed by atoms with Crippen molar-refractivity contribution in [1.82, 2.24) is 0 Å². The number of sulfonamides is 1. The zero-order chi connectivity index (χ0) is 21.4. The standard InChI is InChI=1S/C22H30N2O4S/c1-5-7-8-18-9-11-19(12-10-18)23-22(25)17(3)24(29(4,26)27)20-13-15-21(16-14-20)28-6-2/h9-17H,5-8H2,1-4H3,(H,23,25)/t17-/m0/s1. The molecule has 1 amide bonds. The molecule has 2 aromatic rings. The number of hydrogen-bond acceptors (Lipinski definition) is 4. The molecule has 0 saturated heterocycles. The quantitative estimate of drug-likeness (QED) is 0.627. The maximum atomic E-state index is 12.8. The van der Waals surface area contributed by atoms with Crippen LogP contribution in [0.25, 0.3) is 0 Å². The molecule has 0 unspecified atom stereocenters. The van der Waals surface area contributed by atoms with E-state index in [-0.39, 0.29) is 0 Å². The summed E-state index contributed by atoms with van der Waals surface area (Å²) in [5.41, 5.74) is 2.26. The number of rotatable bonds is 10. The monoisotopic (exact) mass is 418 g/mol. The first kappa shape index (κ1) is 22.7. The summed E-state index contributed by atoms with van der Waals surface area (Å²) >= 11 is 0. The summed E-state index contributed by atoms with van der Waals surface area (Å²) < 4.78 is 31.3. The lowest BCUT2D eigenvalue weighted by Crippen LogP contribution is -2.45. The molecule has 1 atom stereocenters. The third-order valence-electron chi connectivity index (χ3n) is 4.53. The number of benzene rings is 2. The maximum absolute atomic E-state index is 12.8. The third-order valence-corrected chi connectivity index (χ3v) is 5.77. The highest BCUT2D eigenvalue weighted by atomic mass is 32.2. The van der Waals surface area contributed by atoms with Crippen LogP contribution in [0.1, 0.15) is 39.2 Å². The molecule has 0 aliphatic rings. The van der Waals surface area contributed by atoms with Crippen molar-refractivity contribution in [1.29, 1.82) is 0 Å². The SMILES string of the molecule is CCCCc1ccc(NC(=O)[C@H](C)N(c2ccc(OCC)cc2)S(C)(=O)=O)cc1. The third kappa shape index (κ3) is 6.49. The van der Waals surface area contributed by atoms with Gasteiger partial charge >= 0.3 is 0 Å². The zero-order valence-electron chi connectivity index (χ0n) is 17.5. The van der Waals surface area contributed by atoms with Gasteiger partial charge in [-0.05, 0) is 68.7 Å². The molecule has 0 spiro atoms. The number of unbranched alkanes of at least 4 members (excludes halogenated alkanes) is 1. The van der Waals surface area contributed by atoms with Crippen molar-refractivity contribution in [3.05, 3.63) is 54.1 Å². The first-order valence-corrected chi connectivity index (χ1v) is 11.7. The molecule has 0 aliphatic carbocycles. The van der Waals surface area contributed by atoms with Crippen LogP contribution in [0.5, 0.6) is 5.75 Å². The average Bonchev–Trinajstić information content (AvgIpc) is 2.68. The summed E-state index contributed by atoms with van der Waals surface area (Å²) in [6, 6.07) is 13.4. The minimum atomic E-state index is -3.66. The van der Waals surface area contributed by atoms with Crippen LogP contribution in [0.15, 0.2) is 48.5 Å². The van der Waals surface area contributed by atoms with Crippen LogP contribution in [0.3, 0.4) is 0 Å². The normalized spacial score (nSPS) is 12.3. The van der Waals surface area contributed by atoms with Crippen molar-refractivity contribution in [2.75, 3.05) is 22.5 Å². The molecule has 2 aromatic carbocycles. The molecule has 6 nitrogen and oxygen atoms in total. The molecule has 158 valence electrons. The van der Waals surface area contributed by atoms with E-state index in [1.165, 1.54) is 5.56 Å². The highest BCUT2D eigenvalue weighted by Crippen LogP contribution is 2.24. The van der Waals surface area contributed by atoms with Gasteiger partial charge in [0.25, 0.3) is 0 Å². The second kappa shape index (κ2) is 10.3. The predicted molar refractivity (Wildman–Crippen MR) is 118 cm³/mol. The number of nitrogens with one attached hydrogen (secondary N) is 1. The number of amides is 1. The van der Waals surface area contributed by atoms with E-state index in [1.807, 2.05) is 31.2 Å². The van der Waals surface area contributed by atoms with Crippen molar-refractivity contribution in [2.45, 2.75) is 46.1 Å². The summed E-state index contributed by atoms with van der Waals surface area (Å²) in [5.74, 6) is 0.246. The van der Waals surface area contributed by atoms with Crippen LogP contribution in [-0.4, -0.2) is 33.2 Å². The van der Waals surface area contributed by atoms with Gasteiger partial charge in [-0.1, -0.05) is 25.5 Å². The summed E-state index contributed by atoms with van der Waals surface area (Å²) in [7, 11) is -3.66. The van der Waals surface area contributed by atoms with Crippen LogP contribution in [0.2, 0.25) is 0 Å². The van der Waals surface area contributed by atoms with Crippen LogP contribution in [0, 0.1) is 0 Å². The molecule has 0 bridgehead atoms. The number of aryl methyl sites for hydroxylation is 1. The van der Waals surface area contributed by atoms with Gasteiger partial charge in [0.1, 0.15) is 11.8 Å². The van der Waals surface area contributed by atoms with E-state index in [9.17, 15) is 13.2 Å². The van der Waals surface area contributed by atoms with Crippen LogP contribution < -0.4 is 14.4 Å². The lowest BCUT2D eigenvalue weighted by molar-refractivity contribution is -0.116. The summed E-state index contributed by atoms with van der Waals surface area (Å²) in [6.07, 6.45) is 4.34. The van der Waals surface area contributed by atoms with Gasteiger partial charge in [-0.2, -0.15) is 0 Å². The Kier molecular flexibility index (Phi) is 8.08. The molecule has 0 saturated carbocycles. The highest BCUT2D eigenvalue weighted by molar-refractivity contribution is 7.92. The summed E-state index contributed by atoms with van der Waals surface area (Å²) in [4.78, 5) is 12.8. The number of hydrogen-bond donors (Lipinski definition) is 1. The summed E-state index contributed by atoms with van der Waals surface area (Å²) in [5, 5.41) is 2.81. The fourth-order valence-corrected chi connectivity index (χ4v) is 4.22. The maximum Gasteiger partial charge on any atom is 0.247 e. The van der Waals surface area contributed by atoms with Gasteiger partial charge in [0.2, 0.25) is 15.9 Å². The fraction of sp³-hybridized carbons (Fsp3) is 0.409. The lowest BCUT2D eigenvalue weighted by Gasteiger charge is -2.28. The molecule has 0 heterocycles. The Morgan fingerprint density at radius 3 is 2.21 bits per heavy atom. The van der Waals surface area contributed by atoms with Gasteiger partial charge < -0.3 is 10.1 Å². The van der Waals surface area contributed by atoms with E-state index < -0.39 is 22.0 Å². The van der Waals surface area contributed by atoms with Gasteiger partial charge in [-0.15, -0.1) is 0 Å². The molecule has 7 heteroatoms. The Morgan fingerprint density at radius 1 is 1.07 bits per heavy atom. The second-order valence-corrected chi connectivity index (χ2v) is 8.81. The fourth-order valence-electron chi connectivity index (χ4n) is 3.05. The van der Waals surface area contributed by atoms with Crippen molar-refractivity contribution < 1.29 is 17.9 Å². The Labute approximate surface area is 173 Å². The number of ether oxygens (including phenoxy) is 1. The van der Waals surface area contributed by atoms with Crippen LogP contribution >= 0.6 is 0 Å².